The molecule has 0 unspecified atom stereocenters. The highest BCUT2D eigenvalue weighted by Gasteiger charge is 2.34. The average Bonchev–Trinajstić information content (AvgIpc) is 3.22. The van der Waals surface area contributed by atoms with Crippen molar-refractivity contribution in [1.82, 2.24) is 9.78 Å². The summed E-state index contributed by atoms with van der Waals surface area (Å²) >= 11 is 2.69. The third-order valence-electron chi connectivity index (χ3n) is 3.36. The monoisotopic (exact) mass is 386 g/mol. The molecule has 0 spiro atoms. The highest BCUT2D eigenvalue weighted by atomic mass is 32.2. The Morgan fingerprint density at radius 1 is 1.32 bits per heavy atom. The largest absolute Gasteiger partial charge is 0.435 e. The van der Waals surface area contributed by atoms with E-state index in [1.54, 1.807) is 6.07 Å². The summed E-state index contributed by atoms with van der Waals surface area (Å²) in [7, 11) is 1.48. The van der Waals surface area contributed by atoms with E-state index in [1.807, 2.05) is 6.07 Å². The molecule has 10 heteroatoms. The van der Waals surface area contributed by atoms with Gasteiger partial charge in [-0.15, -0.1) is 28.2 Å². The predicted octanol–water partition coefficient (Wildman–Crippen LogP) is 4.00. The van der Waals surface area contributed by atoms with E-state index in [9.17, 15) is 18.0 Å². The Labute approximate surface area is 149 Å². The van der Waals surface area contributed by atoms with Crippen molar-refractivity contribution >= 4 is 39.6 Å². The first kappa shape index (κ1) is 17.9. The van der Waals surface area contributed by atoms with E-state index in [-0.39, 0.29) is 5.78 Å². The van der Waals surface area contributed by atoms with Crippen LogP contribution in [0.3, 0.4) is 0 Å². The van der Waals surface area contributed by atoms with Gasteiger partial charge in [0.05, 0.1) is 26.9 Å². The average molecular weight is 386 g/mol. The summed E-state index contributed by atoms with van der Waals surface area (Å²) in [5.41, 5.74) is 0.235. The van der Waals surface area contributed by atoms with E-state index >= 15 is 0 Å². The Kier molecular flexibility index (Phi) is 4.83. The van der Waals surface area contributed by atoms with Gasteiger partial charge in [-0.3, -0.25) is 9.48 Å². The van der Waals surface area contributed by atoms with E-state index in [0.717, 1.165) is 21.7 Å². The van der Waals surface area contributed by atoms with E-state index < -0.39 is 11.9 Å². The summed E-state index contributed by atoms with van der Waals surface area (Å²) in [6.07, 6.45) is -3.95. The lowest BCUT2D eigenvalue weighted by Crippen LogP contribution is -2.06. The van der Waals surface area contributed by atoms with Gasteiger partial charge in [0.2, 0.25) is 0 Å². The molecule has 0 aromatic carbocycles. The van der Waals surface area contributed by atoms with Crippen LogP contribution in [-0.2, 0) is 18.0 Å². The van der Waals surface area contributed by atoms with Crippen molar-refractivity contribution in [2.24, 2.45) is 17.3 Å². The molecule has 132 valence electrons. The summed E-state index contributed by atoms with van der Waals surface area (Å²) in [5.74, 6) is 0.420. The zero-order valence-electron chi connectivity index (χ0n) is 13.3. The number of aryl methyl sites for hydroxylation is 1. The molecule has 2 aromatic rings. The minimum Gasteiger partial charge on any atom is -0.299 e. The Balaban J connectivity index is 1.74. The normalized spacial score (nSPS) is 14.6. The van der Waals surface area contributed by atoms with Crippen LogP contribution in [0.1, 0.15) is 23.9 Å². The molecular formula is C15H13F3N4OS2. The summed E-state index contributed by atoms with van der Waals surface area (Å²) in [6.45, 7) is 1.51. The number of carbonyl (C=O) groups is 1. The molecule has 25 heavy (non-hydrogen) atoms. The molecule has 0 aliphatic carbocycles. The maximum absolute atomic E-state index is 12.8. The molecule has 0 amide bonds. The standard InChI is InChI=1S/C15H13F3N4OS2/c1-8(23)7-24-14-5-9(19-20-14)11-3-4-12(25-11)10-6-13(15(16,17)18)21-22(10)2/h3-4,6H,5,7H2,1-2H3. The highest BCUT2D eigenvalue weighted by Crippen LogP contribution is 2.35. The second-order valence-corrected chi connectivity index (χ2v) is 7.54. The number of thiophene rings is 1. The van der Waals surface area contributed by atoms with Crippen LogP contribution < -0.4 is 0 Å². The van der Waals surface area contributed by atoms with Crippen molar-refractivity contribution in [3.63, 3.8) is 0 Å². The Morgan fingerprint density at radius 2 is 2.04 bits per heavy atom. The third kappa shape index (κ3) is 4.01. The van der Waals surface area contributed by atoms with Crippen LogP contribution in [0.15, 0.2) is 28.4 Å². The Hall–Kier alpha value is -1.94. The maximum Gasteiger partial charge on any atom is 0.435 e. The van der Waals surface area contributed by atoms with Crippen LogP contribution in [0.2, 0.25) is 0 Å². The van der Waals surface area contributed by atoms with Crippen molar-refractivity contribution in [2.75, 3.05) is 5.75 Å². The van der Waals surface area contributed by atoms with Gasteiger partial charge in [-0.1, -0.05) is 0 Å². The van der Waals surface area contributed by atoms with Gasteiger partial charge in [0.15, 0.2) is 5.69 Å². The summed E-state index contributed by atoms with van der Waals surface area (Å²) in [4.78, 5) is 12.5. The predicted molar refractivity (Wildman–Crippen MR) is 93.3 cm³/mol. The fourth-order valence-electron chi connectivity index (χ4n) is 2.20. The molecule has 0 saturated heterocycles. The highest BCUT2D eigenvalue weighted by molar-refractivity contribution is 8.14. The van der Waals surface area contributed by atoms with Gasteiger partial charge in [-0.25, -0.2) is 0 Å². The number of Topliss-reactive ketones (excluding diaryl/α,β-unsaturated/α-hetero) is 1. The van der Waals surface area contributed by atoms with Crippen LogP contribution in [0.25, 0.3) is 10.6 Å². The number of hydrogen-bond donors (Lipinski definition) is 0. The van der Waals surface area contributed by atoms with E-state index in [2.05, 4.69) is 15.3 Å². The van der Waals surface area contributed by atoms with Gasteiger partial charge in [-0.05, 0) is 25.1 Å². The lowest BCUT2D eigenvalue weighted by Gasteiger charge is -1.99. The molecular weight excluding hydrogens is 373 g/mol. The quantitative estimate of drug-likeness (QED) is 0.798. The number of carbonyl (C=O) groups excluding carboxylic acids is 1. The summed E-state index contributed by atoms with van der Waals surface area (Å²) in [5, 5.41) is 12.5. The number of thioether (sulfide) groups is 1. The minimum atomic E-state index is -4.47. The number of nitrogens with zero attached hydrogens (tertiary/aromatic N) is 4. The van der Waals surface area contributed by atoms with Gasteiger partial charge in [0.25, 0.3) is 0 Å². The molecule has 3 heterocycles. The fourth-order valence-corrected chi connectivity index (χ4v) is 3.94. The SMILES string of the molecule is CC(=O)CSC1=NN=C(c2ccc(-c3cc(C(F)(F)F)nn3C)s2)C1. The van der Waals surface area contributed by atoms with Crippen LogP contribution >= 0.6 is 23.1 Å². The molecule has 1 aliphatic rings. The van der Waals surface area contributed by atoms with Gasteiger partial charge < -0.3 is 0 Å². The molecule has 0 fully saturated rings. The van der Waals surface area contributed by atoms with E-state index in [4.69, 9.17) is 0 Å². The minimum absolute atomic E-state index is 0.0660. The van der Waals surface area contributed by atoms with Crippen LogP contribution in [0.5, 0.6) is 0 Å². The first-order valence-corrected chi connectivity index (χ1v) is 9.01. The van der Waals surface area contributed by atoms with E-state index in [0.29, 0.717) is 22.7 Å². The smallest absolute Gasteiger partial charge is 0.299 e. The number of hydrogen-bond acceptors (Lipinski definition) is 6. The molecule has 0 radical (unpaired) electrons. The van der Waals surface area contributed by atoms with Crippen LogP contribution in [0.4, 0.5) is 13.2 Å². The van der Waals surface area contributed by atoms with Gasteiger partial charge in [-0.2, -0.15) is 23.4 Å². The Morgan fingerprint density at radius 3 is 2.68 bits per heavy atom. The lowest BCUT2D eigenvalue weighted by molar-refractivity contribution is -0.141. The van der Waals surface area contributed by atoms with Crippen molar-refractivity contribution < 1.29 is 18.0 Å². The van der Waals surface area contributed by atoms with Gasteiger partial charge in [0, 0.05) is 13.5 Å². The number of rotatable bonds is 4. The molecule has 5 nitrogen and oxygen atoms in total. The van der Waals surface area contributed by atoms with Crippen molar-refractivity contribution in [3.8, 4) is 10.6 Å². The van der Waals surface area contributed by atoms with Gasteiger partial charge in [0.1, 0.15) is 10.8 Å². The molecule has 0 N–H and O–H groups in total. The first-order valence-electron chi connectivity index (χ1n) is 7.21. The Bertz CT molecular complexity index is 880. The second-order valence-electron chi connectivity index (χ2n) is 5.41. The second kappa shape index (κ2) is 6.75. The lowest BCUT2D eigenvalue weighted by atomic mass is 10.2. The molecule has 0 saturated carbocycles. The molecule has 1 aliphatic heterocycles. The summed E-state index contributed by atoms with van der Waals surface area (Å²) < 4.78 is 39.6. The number of halogens is 3. The number of aromatic nitrogens is 2. The fraction of sp³-hybridized carbons (Fsp3) is 0.333. The third-order valence-corrected chi connectivity index (χ3v) is 5.62. The maximum atomic E-state index is 12.8. The molecule has 2 aromatic heterocycles. The zero-order valence-corrected chi connectivity index (χ0v) is 14.9. The summed E-state index contributed by atoms with van der Waals surface area (Å²) in [6, 6.07) is 4.60. The molecule has 0 bridgehead atoms. The van der Waals surface area contributed by atoms with Gasteiger partial charge >= 0.3 is 6.18 Å². The molecule has 3 rings (SSSR count). The number of ketones is 1. The first-order chi connectivity index (χ1) is 11.7. The zero-order chi connectivity index (χ0) is 18.2. The van der Waals surface area contributed by atoms with E-state index in [1.165, 1.54) is 41.8 Å². The number of alkyl halides is 3. The topological polar surface area (TPSA) is 59.6 Å². The van der Waals surface area contributed by atoms with Crippen molar-refractivity contribution in [3.05, 3.63) is 28.8 Å². The van der Waals surface area contributed by atoms with Crippen molar-refractivity contribution in [2.45, 2.75) is 19.5 Å². The van der Waals surface area contributed by atoms with Crippen LogP contribution in [-0.4, -0.2) is 32.1 Å². The van der Waals surface area contributed by atoms with Crippen molar-refractivity contribution in [1.29, 1.82) is 0 Å². The van der Waals surface area contributed by atoms with Crippen LogP contribution in [0, 0.1) is 0 Å². The molecule has 0 atom stereocenters.